The lowest BCUT2D eigenvalue weighted by Crippen LogP contribution is -1.92. The molecule has 88 valence electrons. The number of aromatic amines is 1. The molecule has 17 heavy (non-hydrogen) atoms. The molecule has 2 rings (SSSR count). The number of aryl methyl sites for hydroxylation is 1. The van der Waals surface area contributed by atoms with Gasteiger partial charge in [0.05, 0.1) is 4.92 Å². The Morgan fingerprint density at radius 1 is 1.53 bits per heavy atom. The van der Waals surface area contributed by atoms with Gasteiger partial charge in [0.2, 0.25) is 0 Å². The van der Waals surface area contributed by atoms with Crippen molar-refractivity contribution >= 4 is 5.69 Å². The first-order valence-electron chi connectivity index (χ1n) is 4.89. The Labute approximate surface area is 96.3 Å². The summed E-state index contributed by atoms with van der Waals surface area (Å²) < 4.78 is 0. The summed E-state index contributed by atoms with van der Waals surface area (Å²) in [5, 5.41) is 26.0. The lowest BCUT2D eigenvalue weighted by atomic mass is 10.1. The predicted molar refractivity (Wildman–Crippen MR) is 59.1 cm³/mol. The summed E-state index contributed by atoms with van der Waals surface area (Å²) in [6, 6.07) is 4.49. The molecule has 0 unspecified atom stereocenters. The van der Waals surface area contributed by atoms with Gasteiger partial charge >= 0.3 is 0 Å². The minimum Gasteiger partial charge on any atom is -0.388 e. The molecule has 0 aliphatic carbocycles. The van der Waals surface area contributed by atoms with Crippen LogP contribution in [-0.2, 0) is 6.61 Å². The van der Waals surface area contributed by atoms with Crippen LogP contribution >= 0.6 is 0 Å². The van der Waals surface area contributed by atoms with Crippen LogP contribution in [-0.4, -0.2) is 25.2 Å². The van der Waals surface area contributed by atoms with Crippen LogP contribution < -0.4 is 0 Å². The van der Waals surface area contributed by atoms with Crippen molar-refractivity contribution in [1.29, 1.82) is 0 Å². The van der Waals surface area contributed by atoms with Gasteiger partial charge in [-0.15, -0.1) is 0 Å². The molecular formula is C10H10N4O3. The van der Waals surface area contributed by atoms with Crippen LogP contribution in [0.4, 0.5) is 5.69 Å². The van der Waals surface area contributed by atoms with Gasteiger partial charge in [0.1, 0.15) is 6.61 Å². The van der Waals surface area contributed by atoms with E-state index in [0.29, 0.717) is 17.2 Å². The molecule has 0 aliphatic rings. The number of nitro benzene ring substituents is 1. The molecular weight excluding hydrogens is 224 g/mol. The molecule has 0 amide bonds. The maximum atomic E-state index is 10.7. The third-order valence-corrected chi connectivity index (χ3v) is 2.35. The minimum absolute atomic E-state index is 0.0130. The number of aliphatic hydroxyl groups is 1. The Morgan fingerprint density at radius 3 is 2.88 bits per heavy atom. The van der Waals surface area contributed by atoms with Crippen LogP contribution in [0.3, 0.4) is 0 Å². The van der Waals surface area contributed by atoms with Gasteiger partial charge in [-0.3, -0.25) is 15.2 Å². The molecule has 0 fully saturated rings. The molecule has 0 saturated heterocycles. The highest BCUT2D eigenvalue weighted by molar-refractivity contribution is 5.63. The van der Waals surface area contributed by atoms with E-state index in [0.717, 1.165) is 5.56 Å². The van der Waals surface area contributed by atoms with Crippen LogP contribution in [0.2, 0.25) is 0 Å². The molecule has 1 aromatic heterocycles. The third kappa shape index (κ3) is 2.13. The van der Waals surface area contributed by atoms with Crippen molar-refractivity contribution in [3.8, 4) is 11.4 Å². The lowest BCUT2D eigenvalue weighted by Gasteiger charge is -2.00. The van der Waals surface area contributed by atoms with Crippen molar-refractivity contribution in [3.63, 3.8) is 0 Å². The van der Waals surface area contributed by atoms with Crippen molar-refractivity contribution in [2.45, 2.75) is 13.5 Å². The van der Waals surface area contributed by atoms with Crippen molar-refractivity contribution in [3.05, 3.63) is 39.7 Å². The van der Waals surface area contributed by atoms with Gasteiger partial charge in [-0.25, -0.2) is 4.98 Å². The molecule has 7 nitrogen and oxygen atoms in total. The summed E-state index contributed by atoms with van der Waals surface area (Å²) in [5.74, 6) is 0.668. The fraction of sp³-hybridized carbons (Fsp3) is 0.200. The molecule has 0 saturated carbocycles. The molecule has 2 N–H and O–H groups in total. The number of H-pyrrole nitrogens is 1. The molecule has 7 heteroatoms. The van der Waals surface area contributed by atoms with Crippen molar-refractivity contribution in [1.82, 2.24) is 15.2 Å². The summed E-state index contributed by atoms with van der Waals surface area (Å²) in [6.45, 7) is 1.56. The van der Waals surface area contributed by atoms with E-state index in [2.05, 4.69) is 15.2 Å². The van der Waals surface area contributed by atoms with Crippen molar-refractivity contribution in [2.24, 2.45) is 0 Å². The zero-order chi connectivity index (χ0) is 12.4. The first-order valence-corrected chi connectivity index (χ1v) is 4.89. The SMILES string of the molecule is Cc1ccc([N+](=O)[O-])cc1-c1n[nH]c(CO)n1. The first kappa shape index (κ1) is 11.2. The second-order valence-corrected chi connectivity index (χ2v) is 3.52. The minimum atomic E-state index is -0.470. The summed E-state index contributed by atoms with van der Waals surface area (Å²) in [4.78, 5) is 14.2. The normalized spacial score (nSPS) is 10.5. The highest BCUT2D eigenvalue weighted by atomic mass is 16.6. The zero-order valence-corrected chi connectivity index (χ0v) is 9.04. The Balaban J connectivity index is 2.49. The van der Waals surface area contributed by atoms with Crippen LogP contribution in [0, 0.1) is 17.0 Å². The van der Waals surface area contributed by atoms with Crippen LogP contribution in [0.5, 0.6) is 0 Å². The Hall–Kier alpha value is -2.28. The van der Waals surface area contributed by atoms with E-state index in [-0.39, 0.29) is 12.3 Å². The van der Waals surface area contributed by atoms with Gasteiger partial charge in [0, 0.05) is 17.7 Å². The van der Waals surface area contributed by atoms with Crippen molar-refractivity contribution in [2.75, 3.05) is 0 Å². The average Bonchev–Trinajstić information content (AvgIpc) is 2.77. The topological polar surface area (TPSA) is 105 Å². The number of benzene rings is 1. The highest BCUT2D eigenvalue weighted by Gasteiger charge is 2.13. The number of rotatable bonds is 3. The number of hydrogen-bond donors (Lipinski definition) is 2. The van der Waals surface area contributed by atoms with Gasteiger partial charge < -0.3 is 5.11 Å². The molecule has 1 aromatic carbocycles. The average molecular weight is 234 g/mol. The molecule has 0 aliphatic heterocycles. The molecule has 0 spiro atoms. The van der Waals surface area contributed by atoms with Crippen molar-refractivity contribution < 1.29 is 10.0 Å². The van der Waals surface area contributed by atoms with E-state index in [4.69, 9.17) is 5.11 Å². The fourth-order valence-electron chi connectivity index (χ4n) is 1.45. The Kier molecular flexibility index (Phi) is 2.84. The third-order valence-electron chi connectivity index (χ3n) is 2.35. The van der Waals surface area contributed by atoms with Crippen LogP contribution in [0.1, 0.15) is 11.4 Å². The molecule has 1 heterocycles. The largest absolute Gasteiger partial charge is 0.388 e. The zero-order valence-electron chi connectivity index (χ0n) is 9.04. The van der Waals surface area contributed by atoms with E-state index < -0.39 is 4.92 Å². The molecule has 2 aromatic rings. The Bertz CT molecular complexity index is 564. The summed E-state index contributed by atoms with van der Waals surface area (Å²) in [5.41, 5.74) is 1.40. The van der Waals surface area contributed by atoms with Gasteiger partial charge in [-0.05, 0) is 12.5 Å². The van der Waals surface area contributed by atoms with Gasteiger partial charge in [-0.1, -0.05) is 6.07 Å². The molecule has 0 radical (unpaired) electrons. The Morgan fingerprint density at radius 2 is 2.29 bits per heavy atom. The molecule has 0 atom stereocenters. The number of nitrogens with zero attached hydrogens (tertiary/aromatic N) is 3. The predicted octanol–water partition coefficient (Wildman–Crippen LogP) is 1.18. The number of nitro groups is 1. The lowest BCUT2D eigenvalue weighted by molar-refractivity contribution is -0.384. The van der Waals surface area contributed by atoms with E-state index in [1.807, 2.05) is 6.92 Å². The maximum Gasteiger partial charge on any atom is 0.270 e. The molecule has 0 bridgehead atoms. The maximum absolute atomic E-state index is 10.7. The second kappa shape index (κ2) is 4.30. The standard InChI is InChI=1S/C10H10N4O3/c1-6-2-3-7(14(16)17)4-8(6)10-11-9(5-15)12-13-10/h2-4,15H,5H2,1H3,(H,11,12,13). The highest BCUT2D eigenvalue weighted by Crippen LogP contribution is 2.24. The number of hydrogen-bond acceptors (Lipinski definition) is 5. The van der Waals surface area contributed by atoms with Gasteiger partial charge in [-0.2, -0.15) is 5.10 Å². The number of aromatic nitrogens is 3. The number of aliphatic hydroxyl groups excluding tert-OH is 1. The van der Waals surface area contributed by atoms with E-state index in [1.54, 1.807) is 6.07 Å². The van der Waals surface area contributed by atoms with E-state index in [9.17, 15) is 10.1 Å². The number of nitrogens with one attached hydrogen (secondary N) is 1. The van der Waals surface area contributed by atoms with Gasteiger partial charge in [0.25, 0.3) is 5.69 Å². The van der Waals surface area contributed by atoms with Crippen LogP contribution in [0.25, 0.3) is 11.4 Å². The monoisotopic (exact) mass is 234 g/mol. The smallest absolute Gasteiger partial charge is 0.270 e. The van der Waals surface area contributed by atoms with Crippen LogP contribution in [0.15, 0.2) is 18.2 Å². The van der Waals surface area contributed by atoms with Gasteiger partial charge in [0.15, 0.2) is 11.6 Å². The summed E-state index contributed by atoms with van der Waals surface area (Å²) >= 11 is 0. The van der Waals surface area contributed by atoms with E-state index >= 15 is 0 Å². The summed E-state index contributed by atoms with van der Waals surface area (Å²) in [7, 11) is 0. The quantitative estimate of drug-likeness (QED) is 0.612. The number of non-ortho nitro benzene ring substituents is 1. The first-order chi connectivity index (χ1) is 8.11. The van der Waals surface area contributed by atoms with E-state index in [1.165, 1.54) is 12.1 Å². The fourth-order valence-corrected chi connectivity index (χ4v) is 1.45. The second-order valence-electron chi connectivity index (χ2n) is 3.52. The summed E-state index contributed by atoms with van der Waals surface area (Å²) in [6.07, 6.45) is 0.